The van der Waals surface area contributed by atoms with Gasteiger partial charge in [-0.1, -0.05) is 33.8 Å². The summed E-state index contributed by atoms with van der Waals surface area (Å²) in [5.41, 5.74) is 3.09. The van der Waals surface area contributed by atoms with E-state index in [0.29, 0.717) is 30.6 Å². The standard InChI is InChI=1S/C23H35NO2/c1-16(2)13-18(25)9-10-23(4)21-14-17-7-8-19(26-6)15-20(17)22(23,3)11-12-24(21)5/h7-8,15-16,21H,9-14H2,1-6H3/t21?,22-,23-/m1/s1. The topological polar surface area (TPSA) is 29.5 Å². The highest BCUT2D eigenvalue weighted by Gasteiger charge is 2.57. The number of nitrogens with zero attached hydrogens (tertiary/aromatic N) is 1. The van der Waals surface area contributed by atoms with Gasteiger partial charge in [-0.05, 0) is 67.4 Å². The highest BCUT2D eigenvalue weighted by molar-refractivity contribution is 5.78. The molecular weight excluding hydrogens is 322 g/mol. The van der Waals surface area contributed by atoms with E-state index < -0.39 is 0 Å². The molecule has 0 spiro atoms. The van der Waals surface area contributed by atoms with Crippen molar-refractivity contribution in [3.8, 4) is 5.75 Å². The van der Waals surface area contributed by atoms with Crippen LogP contribution in [-0.2, 0) is 16.6 Å². The van der Waals surface area contributed by atoms with E-state index in [-0.39, 0.29) is 10.8 Å². The van der Waals surface area contributed by atoms with Crippen LogP contribution in [0.4, 0.5) is 0 Å². The summed E-state index contributed by atoms with van der Waals surface area (Å²) in [5, 5.41) is 0. The monoisotopic (exact) mass is 357 g/mol. The SMILES string of the molecule is COc1ccc2c(c1)[C@@]1(C)CCN(C)C(C2)[C@@]1(C)CCC(=O)CC(C)C. The molecule has 3 heteroatoms. The number of hydrogen-bond donors (Lipinski definition) is 0. The summed E-state index contributed by atoms with van der Waals surface area (Å²) in [6.45, 7) is 10.2. The predicted molar refractivity (Wildman–Crippen MR) is 107 cm³/mol. The van der Waals surface area contributed by atoms with Crippen LogP contribution in [0, 0.1) is 11.3 Å². The molecule has 2 aliphatic rings. The highest BCUT2D eigenvalue weighted by Crippen LogP contribution is 2.58. The van der Waals surface area contributed by atoms with Crippen LogP contribution in [0.5, 0.6) is 5.75 Å². The number of fused-ring (bicyclic) bond motifs is 4. The van der Waals surface area contributed by atoms with E-state index in [9.17, 15) is 4.79 Å². The van der Waals surface area contributed by atoms with Crippen molar-refractivity contribution < 1.29 is 9.53 Å². The molecule has 1 aliphatic carbocycles. The number of methoxy groups -OCH3 is 1. The van der Waals surface area contributed by atoms with E-state index in [2.05, 4.69) is 57.8 Å². The number of rotatable bonds is 6. The Hall–Kier alpha value is -1.35. The van der Waals surface area contributed by atoms with Crippen molar-refractivity contribution >= 4 is 5.78 Å². The van der Waals surface area contributed by atoms with Crippen LogP contribution in [0.25, 0.3) is 0 Å². The second-order valence-corrected chi connectivity index (χ2v) is 9.36. The van der Waals surface area contributed by atoms with Gasteiger partial charge in [-0.3, -0.25) is 4.79 Å². The number of carbonyl (C=O) groups excluding carboxylic acids is 1. The lowest BCUT2D eigenvalue weighted by atomic mass is 9.49. The van der Waals surface area contributed by atoms with Gasteiger partial charge in [0.15, 0.2) is 0 Å². The Bertz CT molecular complexity index is 683. The van der Waals surface area contributed by atoms with Crippen LogP contribution in [0.1, 0.15) is 64.5 Å². The Labute approximate surface area is 159 Å². The molecule has 3 atom stereocenters. The Kier molecular flexibility index (Phi) is 5.22. The fraction of sp³-hybridized carbons (Fsp3) is 0.696. The minimum absolute atomic E-state index is 0.0877. The maximum absolute atomic E-state index is 12.5. The number of hydrogen-bond acceptors (Lipinski definition) is 3. The first-order valence-corrected chi connectivity index (χ1v) is 10.1. The molecule has 3 rings (SSSR count). The third kappa shape index (κ3) is 3.09. The summed E-state index contributed by atoms with van der Waals surface area (Å²) in [7, 11) is 4.00. The third-order valence-electron chi connectivity index (χ3n) is 7.38. The maximum Gasteiger partial charge on any atom is 0.133 e. The van der Waals surface area contributed by atoms with Gasteiger partial charge in [-0.2, -0.15) is 0 Å². The number of likely N-dealkylation sites (N-methyl/N-ethyl adjacent to an activating group) is 1. The fourth-order valence-electron chi connectivity index (χ4n) is 5.50. The molecule has 0 aromatic heterocycles. The fourth-order valence-corrected chi connectivity index (χ4v) is 5.50. The van der Waals surface area contributed by atoms with Crippen molar-refractivity contribution in [1.82, 2.24) is 4.90 Å². The summed E-state index contributed by atoms with van der Waals surface area (Å²) < 4.78 is 5.53. The lowest BCUT2D eigenvalue weighted by Gasteiger charge is -2.62. The molecule has 0 amide bonds. The van der Waals surface area contributed by atoms with Crippen LogP contribution in [0.3, 0.4) is 0 Å². The highest BCUT2D eigenvalue weighted by atomic mass is 16.5. The number of benzene rings is 1. The van der Waals surface area contributed by atoms with E-state index >= 15 is 0 Å². The normalized spacial score (nSPS) is 31.0. The van der Waals surface area contributed by atoms with Crippen molar-refractivity contribution in [2.24, 2.45) is 11.3 Å². The summed E-state index contributed by atoms with van der Waals surface area (Å²) in [4.78, 5) is 15.0. The van der Waals surface area contributed by atoms with E-state index in [1.807, 2.05) is 0 Å². The number of piperidine rings is 1. The molecule has 144 valence electrons. The Balaban J connectivity index is 1.96. The number of Topliss-reactive ketones (excluding diaryl/α,β-unsaturated/α-hetero) is 1. The van der Waals surface area contributed by atoms with E-state index in [4.69, 9.17) is 4.74 Å². The second kappa shape index (κ2) is 6.99. The first-order chi connectivity index (χ1) is 12.2. The van der Waals surface area contributed by atoms with Crippen LogP contribution >= 0.6 is 0 Å². The van der Waals surface area contributed by atoms with E-state index in [1.54, 1.807) is 7.11 Å². The molecule has 3 nitrogen and oxygen atoms in total. The third-order valence-corrected chi connectivity index (χ3v) is 7.38. The van der Waals surface area contributed by atoms with Gasteiger partial charge >= 0.3 is 0 Å². The zero-order chi connectivity index (χ0) is 19.1. The average Bonchev–Trinajstić information content (AvgIpc) is 2.59. The van der Waals surface area contributed by atoms with Crippen molar-refractivity contribution in [1.29, 1.82) is 0 Å². The van der Waals surface area contributed by atoms with E-state index in [1.165, 1.54) is 11.1 Å². The van der Waals surface area contributed by atoms with Crippen LogP contribution in [-0.4, -0.2) is 37.4 Å². The van der Waals surface area contributed by atoms with Gasteiger partial charge in [0.25, 0.3) is 0 Å². The van der Waals surface area contributed by atoms with Gasteiger partial charge in [0.05, 0.1) is 7.11 Å². The molecule has 0 N–H and O–H groups in total. The van der Waals surface area contributed by atoms with Gasteiger partial charge < -0.3 is 9.64 Å². The molecule has 0 saturated carbocycles. The van der Waals surface area contributed by atoms with Gasteiger partial charge in [0, 0.05) is 24.3 Å². The van der Waals surface area contributed by atoms with Gasteiger partial charge in [-0.15, -0.1) is 0 Å². The molecule has 1 heterocycles. The summed E-state index contributed by atoms with van der Waals surface area (Å²) in [6, 6.07) is 7.09. The van der Waals surface area contributed by atoms with Gasteiger partial charge in [0.1, 0.15) is 11.5 Å². The van der Waals surface area contributed by atoms with Crippen LogP contribution in [0.2, 0.25) is 0 Å². The first-order valence-electron chi connectivity index (χ1n) is 10.1. The Morgan fingerprint density at radius 1 is 1.35 bits per heavy atom. The lowest BCUT2D eigenvalue weighted by molar-refractivity contribution is -0.121. The summed E-state index contributed by atoms with van der Waals surface area (Å²) in [5.74, 6) is 1.81. The zero-order valence-corrected chi connectivity index (χ0v) is 17.4. The smallest absolute Gasteiger partial charge is 0.133 e. The number of ketones is 1. The molecule has 1 aromatic carbocycles. The molecule has 1 unspecified atom stereocenters. The van der Waals surface area contributed by atoms with Crippen molar-refractivity contribution in [2.75, 3.05) is 20.7 Å². The lowest BCUT2D eigenvalue weighted by Crippen LogP contribution is -2.64. The molecule has 1 aliphatic heterocycles. The van der Waals surface area contributed by atoms with Crippen LogP contribution < -0.4 is 4.74 Å². The Morgan fingerprint density at radius 2 is 2.08 bits per heavy atom. The second-order valence-electron chi connectivity index (χ2n) is 9.36. The van der Waals surface area contributed by atoms with Crippen molar-refractivity contribution in [2.45, 2.75) is 71.3 Å². The maximum atomic E-state index is 12.5. The minimum atomic E-state index is 0.0877. The van der Waals surface area contributed by atoms with Crippen molar-refractivity contribution in [3.05, 3.63) is 29.3 Å². The molecule has 0 radical (unpaired) electrons. The minimum Gasteiger partial charge on any atom is -0.497 e. The predicted octanol–water partition coefficient (Wildman–Crippen LogP) is 4.61. The summed E-state index contributed by atoms with van der Waals surface area (Å²) >= 11 is 0. The molecular formula is C23H35NO2. The van der Waals surface area contributed by atoms with Gasteiger partial charge in [-0.25, -0.2) is 0 Å². The molecule has 1 fully saturated rings. The number of carbonyl (C=O) groups is 1. The molecule has 1 saturated heterocycles. The first kappa shape index (κ1) is 19.4. The average molecular weight is 358 g/mol. The molecule has 2 bridgehead atoms. The zero-order valence-electron chi connectivity index (χ0n) is 17.4. The number of likely N-dealkylation sites (tertiary alicyclic amines) is 1. The van der Waals surface area contributed by atoms with E-state index in [0.717, 1.165) is 31.6 Å². The molecule has 26 heavy (non-hydrogen) atoms. The Morgan fingerprint density at radius 3 is 2.73 bits per heavy atom. The quantitative estimate of drug-likeness (QED) is 0.744. The van der Waals surface area contributed by atoms with Crippen molar-refractivity contribution in [3.63, 3.8) is 0 Å². The molecule has 1 aromatic rings. The van der Waals surface area contributed by atoms with Crippen LogP contribution in [0.15, 0.2) is 18.2 Å². The number of ether oxygens (including phenoxy) is 1. The summed E-state index contributed by atoms with van der Waals surface area (Å²) in [6.07, 6.45) is 4.58. The van der Waals surface area contributed by atoms with Gasteiger partial charge in [0.2, 0.25) is 0 Å². The largest absolute Gasteiger partial charge is 0.497 e.